The van der Waals surface area contributed by atoms with Gasteiger partial charge in [0, 0.05) is 0 Å². The van der Waals surface area contributed by atoms with E-state index in [1.807, 2.05) is 13.1 Å². The summed E-state index contributed by atoms with van der Waals surface area (Å²) in [6.45, 7) is 6.61. The molecule has 0 saturated heterocycles. The number of nitrogens with zero attached hydrogens (tertiary/aromatic N) is 1. The third-order valence-corrected chi connectivity index (χ3v) is 2.53. The highest BCUT2D eigenvalue weighted by Gasteiger charge is 2.26. The van der Waals surface area contributed by atoms with Crippen LogP contribution in [0.4, 0.5) is 5.95 Å². The average Bonchev–Trinajstić information content (AvgIpc) is 2.54. The number of rotatable bonds is 1. The van der Waals surface area contributed by atoms with Gasteiger partial charge in [-0.3, -0.25) is 5.32 Å². The van der Waals surface area contributed by atoms with Crippen molar-refractivity contribution in [2.75, 3.05) is 12.4 Å². The number of nitrogens with one attached hydrogen (secondary N) is 2. The van der Waals surface area contributed by atoms with Gasteiger partial charge in [0.25, 0.3) is 0 Å². The normalized spacial score (nSPS) is 12.0. The molecule has 0 aliphatic carbocycles. The topological polar surface area (TPSA) is 31.7 Å². The summed E-state index contributed by atoms with van der Waals surface area (Å²) in [6.07, 6.45) is 0. The minimum atomic E-state index is 0.0674. The van der Waals surface area contributed by atoms with Gasteiger partial charge in [0.1, 0.15) is 11.0 Å². The van der Waals surface area contributed by atoms with Crippen molar-refractivity contribution in [1.29, 1.82) is 0 Å². The van der Waals surface area contributed by atoms with Crippen LogP contribution in [0, 0.1) is 0 Å². The van der Waals surface area contributed by atoms with Crippen LogP contribution < -0.4 is 9.88 Å². The number of anilines is 1. The van der Waals surface area contributed by atoms with Crippen molar-refractivity contribution in [2.45, 2.75) is 26.3 Å². The molecule has 3 nitrogen and oxygen atoms in total. The van der Waals surface area contributed by atoms with E-state index in [9.17, 15) is 0 Å². The SMILES string of the molecule is CNc1[nH]c2ccccc2[n+]1C(C)(C)C. The Labute approximate surface area is 90.1 Å². The number of H-pyrrole nitrogens is 1. The summed E-state index contributed by atoms with van der Waals surface area (Å²) in [5, 5.41) is 3.20. The van der Waals surface area contributed by atoms with E-state index in [0.717, 1.165) is 11.5 Å². The molecule has 15 heavy (non-hydrogen) atoms. The summed E-state index contributed by atoms with van der Waals surface area (Å²) in [7, 11) is 1.94. The highest BCUT2D eigenvalue weighted by molar-refractivity contribution is 5.72. The fourth-order valence-electron chi connectivity index (χ4n) is 1.95. The third kappa shape index (κ3) is 1.58. The van der Waals surface area contributed by atoms with E-state index in [2.05, 4.69) is 53.8 Å². The lowest BCUT2D eigenvalue weighted by Crippen LogP contribution is -2.51. The summed E-state index contributed by atoms with van der Waals surface area (Å²) >= 11 is 0. The minimum Gasteiger partial charge on any atom is -0.280 e. The minimum absolute atomic E-state index is 0.0674. The molecule has 0 aliphatic heterocycles. The Balaban J connectivity index is 2.79. The Morgan fingerprint density at radius 1 is 1.20 bits per heavy atom. The van der Waals surface area contributed by atoms with Gasteiger partial charge in [-0.2, -0.15) is 0 Å². The number of hydrogen-bond donors (Lipinski definition) is 2. The first-order chi connectivity index (χ1) is 7.04. The Bertz CT molecular complexity index is 477. The number of benzene rings is 1. The number of imidazole rings is 1. The van der Waals surface area contributed by atoms with Crippen molar-refractivity contribution in [3.8, 4) is 0 Å². The Hall–Kier alpha value is -1.51. The largest absolute Gasteiger partial charge is 0.356 e. The molecule has 0 fully saturated rings. The monoisotopic (exact) mass is 204 g/mol. The second kappa shape index (κ2) is 3.26. The van der Waals surface area contributed by atoms with E-state index >= 15 is 0 Å². The van der Waals surface area contributed by atoms with Gasteiger partial charge in [-0.1, -0.05) is 12.1 Å². The molecule has 0 saturated carbocycles. The number of hydrogen-bond acceptors (Lipinski definition) is 1. The van der Waals surface area contributed by atoms with Crippen molar-refractivity contribution in [3.63, 3.8) is 0 Å². The molecule has 1 aromatic carbocycles. The van der Waals surface area contributed by atoms with Gasteiger partial charge in [0.05, 0.1) is 12.6 Å². The summed E-state index contributed by atoms with van der Waals surface area (Å²) < 4.78 is 2.28. The molecule has 2 N–H and O–H groups in total. The van der Waals surface area contributed by atoms with Crippen LogP contribution in [-0.4, -0.2) is 12.0 Å². The van der Waals surface area contributed by atoms with Crippen molar-refractivity contribution in [1.82, 2.24) is 4.98 Å². The molecule has 3 heteroatoms. The highest BCUT2D eigenvalue weighted by Crippen LogP contribution is 2.17. The molecule has 1 aromatic heterocycles. The zero-order valence-corrected chi connectivity index (χ0v) is 9.76. The Morgan fingerprint density at radius 3 is 2.47 bits per heavy atom. The molecule has 2 rings (SSSR count). The van der Waals surface area contributed by atoms with Crippen molar-refractivity contribution in [3.05, 3.63) is 24.3 Å². The van der Waals surface area contributed by atoms with Gasteiger partial charge < -0.3 is 0 Å². The fourth-order valence-corrected chi connectivity index (χ4v) is 1.95. The molecular weight excluding hydrogens is 186 g/mol. The van der Waals surface area contributed by atoms with Crippen LogP contribution in [0.15, 0.2) is 24.3 Å². The predicted molar refractivity (Wildman–Crippen MR) is 63.0 cm³/mol. The van der Waals surface area contributed by atoms with Crippen LogP contribution in [0.5, 0.6) is 0 Å². The molecule has 80 valence electrons. The summed E-state index contributed by atoms with van der Waals surface area (Å²) in [4.78, 5) is 3.37. The van der Waals surface area contributed by atoms with Gasteiger partial charge in [-0.25, -0.2) is 9.55 Å². The van der Waals surface area contributed by atoms with Gasteiger partial charge in [-0.05, 0) is 32.9 Å². The zero-order valence-electron chi connectivity index (χ0n) is 9.76. The molecule has 0 amide bonds. The summed E-state index contributed by atoms with van der Waals surface area (Å²) in [5.41, 5.74) is 2.46. The van der Waals surface area contributed by atoms with Crippen LogP contribution in [-0.2, 0) is 5.54 Å². The molecule has 0 atom stereocenters. The van der Waals surface area contributed by atoms with E-state index < -0.39 is 0 Å². The van der Waals surface area contributed by atoms with E-state index in [1.54, 1.807) is 0 Å². The van der Waals surface area contributed by atoms with Gasteiger partial charge >= 0.3 is 5.95 Å². The number of para-hydroxylation sites is 2. The van der Waals surface area contributed by atoms with Crippen molar-refractivity contribution >= 4 is 17.0 Å². The zero-order chi connectivity index (χ0) is 11.1. The van der Waals surface area contributed by atoms with E-state index in [1.165, 1.54) is 5.52 Å². The van der Waals surface area contributed by atoms with E-state index in [0.29, 0.717) is 0 Å². The standard InChI is InChI=1S/C12H17N3/c1-12(2,3)15-10-8-6-5-7-9(10)14-11(15)13-4/h5-8H,1-4H3,(H,13,14)/p+1. The Morgan fingerprint density at radius 2 is 1.87 bits per heavy atom. The maximum absolute atomic E-state index is 3.37. The maximum Gasteiger partial charge on any atom is 0.356 e. The molecule has 0 bridgehead atoms. The molecule has 0 unspecified atom stereocenters. The van der Waals surface area contributed by atoms with Crippen LogP contribution in [0.2, 0.25) is 0 Å². The molecule has 0 spiro atoms. The average molecular weight is 204 g/mol. The van der Waals surface area contributed by atoms with Crippen LogP contribution in [0.25, 0.3) is 11.0 Å². The second-order valence-corrected chi connectivity index (χ2v) is 4.75. The molecule has 0 aliphatic rings. The fraction of sp³-hybridized carbons (Fsp3) is 0.417. The lowest BCUT2D eigenvalue weighted by atomic mass is 10.1. The maximum atomic E-state index is 3.37. The van der Waals surface area contributed by atoms with Gasteiger partial charge in [-0.15, -0.1) is 0 Å². The van der Waals surface area contributed by atoms with Gasteiger partial charge in [0.15, 0.2) is 0 Å². The first kappa shape index (κ1) is 10.0. The third-order valence-electron chi connectivity index (χ3n) is 2.53. The molecule has 1 heterocycles. The van der Waals surface area contributed by atoms with Crippen LogP contribution in [0.1, 0.15) is 20.8 Å². The Kier molecular flexibility index (Phi) is 2.18. The van der Waals surface area contributed by atoms with Gasteiger partial charge in [0.2, 0.25) is 0 Å². The number of aromatic nitrogens is 2. The number of fused-ring (bicyclic) bond motifs is 1. The highest BCUT2D eigenvalue weighted by atomic mass is 15.2. The lowest BCUT2D eigenvalue weighted by Gasteiger charge is -2.18. The first-order valence-electron chi connectivity index (χ1n) is 5.25. The predicted octanol–water partition coefficient (Wildman–Crippen LogP) is 2.25. The molecule has 0 radical (unpaired) electrons. The summed E-state index contributed by atoms with van der Waals surface area (Å²) in [6, 6.07) is 8.35. The number of aromatic amines is 1. The lowest BCUT2D eigenvalue weighted by molar-refractivity contribution is -0.717. The first-order valence-corrected chi connectivity index (χ1v) is 5.25. The summed E-state index contributed by atoms with van der Waals surface area (Å²) in [5.74, 6) is 1.05. The van der Waals surface area contributed by atoms with Crippen molar-refractivity contribution in [2.24, 2.45) is 0 Å². The quantitative estimate of drug-likeness (QED) is 0.686. The van der Waals surface area contributed by atoms with Crippen molar-refractivity contribution < 1.29 is 4.57 Å². The van der Waals surface area contributed by atoms with E-state index in [4.69, 9.17) is 0 Å². The second-order valence-electron chi connectivity index (χ2n) is 4.75. The van der Waals surface area contributed by atoms with Crippen LogP contribution >= 0.6 is 0 Å². The smallest absolute Gasteiger partial charge is 0.280 e. The molecule has 2 aromatic rings. The molecular formula is C12H18N3+. The van der Waals surface area contributed by atoms with E-state index in [-0.39, 0.29) is 5.54 Å². The van der Waals surface area contributed by atoms with Crippen LogP contribution in [0.3, 0.4) is 0 Å².